The van der Waals surface area contributed by atoms with E-state index in [4.69, 9.17) is 0 Å². The van der Waals surface area contributed by atoms with Crippen molar-refractivity contribution in [1.29, 1.82) is 0 Å². The Morgan fingerprint density at radius 2 is 1.73 bits per heavy atom. The lowest BCUT2D eigenvalue weighted by atomic mass is 10.2. The molecule has 0 aliphatic rings. The molecule has 11 heavy (non-hydrogen) atoms. The first-order valence-corrected chi connectivity index (χ1v) is 3.95. The molecular weight excluding hydrogens is 150 g/mol. The zero-order chi connectivity index (χ0) is 9.07. The van der Waals surface area contributed by atoms with E-state index in [0.717, 1.165) is 0 Å². The maximum absolute atomic E-state index is 12.8. The van der Waals surface area contributed by atoms with E-state index in [2.05, 4.69) is 4.74 Å². The molecule has 0 aliphatic heterocycles. The molecule has 1 nitrogen and oxygen atoms in total. The smallest absolute Gasteiger partial charge is 0.317 e. The SMILES string of the molecule is CCC(C)OC(F)(F)C(C)C. The largest absolute Gasteiger partial charge is 0.358 e. The van der Waals surface area contributed by atoms with Crippen molar-refractivity contribution in [3.63, 3.8) is 0 Å². The first-order chi connectivity index (χ1) is 4.90. The molecule has 0 aromatic carbocycles. The molecule has 0 amide bonds. The molecule has 3 heteroatoms. The van der Waals surface area contributed by atoms with Gasteiger partial charge in [0.25, 0.3) is 0 Å². The molecule has 0 aromatic heterocycles. The van der Waals surface area contributed by atoms with E-state index in [1.807, 2.05) is 6.92 Å². The molecule has 0 saturated carbocycles. The van der Waals surface area contributed by atoms with E-state index >= 15 is 0 Å². The van der Waals surface area contributed by atoms with Gasteiger partial charge in [-0.25, -0.2) is 0 Å². The van der Waals surface area contributed by atoms with Gasteiger partial charge in [-0.2, -0.15) is 8.78 Å². The zero-order valence-corrected chi connectivity index (χ0v) is 7.53. The molecule has 68 valence electrons. The van der Waals surface area contributed by atoms with Gasteiger partial charge in [-0.05, 0) is 13.3 Å². The Hall–Kier alpha value is -0.180. The second-order valence-electron chi connectivity index (χ2n) is 3.05. The van der Waals surface area contributed by atoms with E-state index in [0.29, 0.717) is 6.42 Å². The van der Waals surface area contributed by atoms with Crippen LogP contribution in [-0.2, 0) is 4.74 Å². The average Bonchev–Trinajstić information content (AvgIpc) is 1.86. The molecule has 0 N–H and O–H groups in total. The Morgan fingerprint density at radius 3 is 2.00 bits per heavy atom. The fourth-order valence-electron chi connectivity index (χ4n) is 0.488. The topological polar surface area (TPSA) is 9.23 Å². The number of alkyl halides is 2. The highest BCUT2D eigenvalue weighted by atomic mass is 19.3. The molecule has 0 radical (unpaired) electrons. The Kier molecular flexibility index (Phi) is 3.93. The summed E-state index contributed by atoms with van der Waals surface area (Å²) in [5.41, 5.74) is 0. The van der Waals surface area contributed by atoms with Crippen molar-refractivity contribution in [2.75, 3.05) is 0 Å². The number of ether oxygens (including phenoxy) is 1. The maximum atomic E-state index is 12.8. The minimum atomic E-state index is -2.98. The highest BCUT2D eigenvalue weighted by molar-refractivity contribution is 4.60. The van der Waals surface area contributed by atoms with E-state index in [9.17, 15) is 8.78 Å². The highest BCUT2D eigenvalue weighted by Crippen LogP contribution is 2.27. The molecule has 0 saturated heterocycles. The summed E-state index contributed by atoms with van der Waals surface area (Å²) < 4.78 is 30.0. The Bertz CT molecular complexity index is 113. The molecular formula is C8H16F2O. The molecule has 1 atom stereocenters. The van der Waals surface area contributed by atoms with Crippen molar-refractivity contribution in [2.45, 2.75) is 46.3 Å². The third-order valence-corrected chi connectivity index (χ3v) is 1.61. The van der Waals surface area contributed by atoms with Crippen LogP contribution in [0.2, 0.25) is 0 Å². The van der Waals surface area contributed by atoms with Crippen LogP contribution in [-0.4, -0.2) is 12.2 Å². The second kappa shape index (κ2) is 4.00. The summed E-state index contributed by atoms with van der Waals surface area (Å²) in [6.07, 6.45) is -2.73. The minimum Gasteiger partial charge on any atom is -0.317 e. The van der Waals surface area contributed by atoms with Crippen molar-refractivity contribution >= 4 is 0 Å². The van der Waals surface area contributed by atoms with Gasteiger partial charge in [0.1, 0.15) is 0 Å². The molecule has 0 spiro atoms. The van der Waals surface area contributed by atoms with E-state index in [1.165, 1.54) is 13.8 Å². The summed E-state index contributed by atoms with van der Waals surface area (Å²) in [4.78, 5) is 0. The number of rotatable bonds is 4. The lowest BCUT2D eigenvalue weighted by Gasteiger charge is -2.23. The van der Waals surface area contributed by atoms with Gasteiger partial charge in [0, 0.05) is 5.92 Å². The zero-order valence-electron chi connectivity index (χ0n) is 7.53. The molecule has 0 fully saturated rings. The van der Waals surface area contributed by atoms with Crippen LogP contribution in [0.25, 0.3) is 0 Å². The van der Waals surface area contributed by atoms with Gasteiger partial charge in [0.15, 0.2) is 0 Å². The number of hydrogen-bond acceptors (Lipinski definition) is 1. The van der Waals surface area contributed by atoms with Crippen LogP contribution in [0.5, 0.6) is 0 Å². The van der Waals surface area contributed by atoms with E-state index in [-0.39, 0.29) is 6.10 Å². The summed E-state index contributed by atoms with van der Waals surface area (Å²) in [7, 11) is 0. The summed E-state index contributed by atoms with van der Waals surface area (Å²) in [5, 5.41) is 0. The van der Waals surface area contributed by atoms with Crippen LogP contribution in [0.3, 0.4) is 0 Å². The monoisotopic (exact) mass is 166 g/mol. The van der Waals surface area contributed by atoms with E-state index in [1.54, 1.807) is 6.92 Å². The molecule has 0 heterocycles. The Labute approximate surface area is 66.7 Å². The third kappa shape index (κ3) is 3.65. The van der Waals surface area contributed by atoms with Crippen LogP contribution in [0.15, 0.2) is 0 Å². The molecule has 0 bridgehead atoms. The summed E-state index contributed by atoms with van der Waals surface area (Å²) in [6.45, 7) is 6.36. The predicted molar refractivity (Wildman–Crippen MR) is 40.6 cm³/mol. The number of halogens is 2. The van der Waals surface area contributed by atoms with Crippen molar-refractivity contribution in [3.05, 3.63) is 0 Å². The maximum Gasteiger partial charge on any atom is 0.358 e. The first kappa shape index (κ1) is 10.8. The minimum absolute atomic E-state index is 0.368. The van der Waals surface area contributed by atoms with Crippen LogP contribution in [0.4, 0.5) is 8.78 Å². The van der Waals surface area contributed by atoms with Crippen LogP contribution >= 0.6 is 0 Å². The first-order valence-electron chi connectivity index (χ1n) is 3.95. The van der Waals surface area contributed by atoms with Gasteiger partial charge in [-0.15, -0.1) is 0 Å². The van der Waals surface area contributed by atoms with Gasteiger partial charge in [-0.3, -0.25) is 0 Å². The van der Waals surface area contributed by atoms with Crippen molar-refractivity contribution in [3.8, 4) is 0 Å². The van der Waals surface area contributed by atoms with Gasteiger partial charge in [-0.1, -0.05) is 20.8 Å². The van der Waals surface area contributed by atoms with Gasteiger partial charge < -0.3 is 4.74 Å². The summed E-state index contributed by atoms with van der Waals surface area (Å²) >= 11 is 0. The molecule has 1 unspecified atom stereocenters. The van der Waals surface area contributed by atoms with Crippen LogP contribution in [0, 0.1) is 5.92 Å². The number of hydrogen-bond donors (Lipinski definition) is 0. The van der Waals surface area contributed by atoms with Crippen molar-refractivity contribution in [1.82, 2.24) is 0 Å². The fraction of sp³-hybridized carbons (Fsp3) is 1.00. The lowest BCUT2D eigenvalue weighted by Crippen LogP contribution is -2.31. The lowest BCUT2D eigenvalue weighted by molar-refractivity contribution is -0.284. The normalized spacial score (nSPS) is 15.5. The standard InChI is InChI=1S/C8H16F2O/c1-5-7(4)11-8(9,10)6(2)3/h6-7H,5H2,1-4H3. The van der Waals surface area contributed by atoms with E-state index < -0.39 is 12.0 Å². The van der Waals surface area contributed by atoms with Crippen molar-refractivity contribution < 1.29 is 13.5 Å². The Morgan fingerprint density at radius 1 is 1.27 bits per heavy atom. The van der Waals surface area contributed by atoms with Gasteiger partial charge >= 0.3 is 6.11 Å². The Balaban J connectivity index is 3.90. The molecule has 0 rings (SSSR count). The summed E-state index contributed by atoms with van der Waals surface area (Å²) in [5.74, 6) is -0.753. The molecule has 0 aromatic rings. The highest BCUT2D eigenvalue weighted by Gasteiger charge is 2.35. The summed E-state index contributed by atoms with van der Waals surface area (Å²) in [6, 6.07) is 0. The van der Waals surface area contributed by atoms with Gasteiger partial charge in [0.2, 0.25) is 0 Å². The quantitative estimate of drug-likeness (QED) is 0.623. The second-order valence-corrected chi connectivity index (χ2v) is 3.05. The fourth-order valence-corrected chi connectivity index (χ4v) is 0.488. The average molecular weight is 166 g/mol. The van der Waals surface area contributed by atoms with Crippen LogP contribution in [0.1, 0.15) is 34.1 Å². The van der Waals surface area contributed by atoms with Crippen molar-refractivity contribution in [2.24, 2.45) is 5.92 Å². The molecule has 0 aliphatic carbocycles. The third-order valence-electron chi connectivity index (χ3n) is 1.61. The predicted octanol–water partition coefficient (Wildman–Crippen LogP) is 3.05. The van der Waals surface area contributed by atoms with Gasteiger partial charge in [0.05, 0.1) is 6.10 Å². The van der Waals surface area contributed by atoms with Crippen LogP contribution < -0.4 is 0 Å².